The number of nitrogens with two attached hydrogens (primary N) is 1. The van der Waals surface area contributed by atoms with Gasteiger partial charge >= 0.3 is 0 Å². The van der Waals surface area contributed by atoms with E-state index >= 15 is 0 Å². The van der Waals surface area contributed by atoms with Crippen molar-refractivity contribution in [2.75, 3.05) is 12.8 Å². The molecule has 102 valence electrons. The zero-order valence-corrected chi connectivity index (χ0v) is 11.1. The van der Waals surface area contributed by atoms with Crippen molar-refractivity contribution >= 4 is 11.6 Å². The third-order valence-corrected chi connectivity index (χ3v) is 3.11. The Balaban J connectivity index is 2.26. The summed E-state index contributed by atoms with van der Waals surface area (Å²) in [6, 6.07) is 6.29. The highest BCUT2D eigenvalue weighted by atomic mass is 19.1. The van der Waals surface area contributed by atoms with Crippen molar-refractivity contribution in [3.63, 3.8) is 0 Å². The number of nitrogen functional groups attached to an aromatic ring is 1. The first-order chi connectivity index (χ1) is 9.58. The number of halogens is 1. The van der Waals surface area contributed by atoms with Crippen molar-refractivity contribution in [3.8, 4) is 16.9 Å². The number of methoxy groups -OCH3 is 1. The van der Waals surface area contributed by atoms with E-state index in [4.69, 9.17) is 10.5 Å². The second-order valence-corrected chi connectivity index (χ2v) is 4.49. The number of ether oxygens (including phenoxy) is 1. The number of pyridine rings is 1. The van der Waals surface area contributed by atoms with Crippen LogP contribution in [0, 0.1) is 12.7 Å². The maximum atomic E-state index is 13.5. The van der Waals surface area contributed by atoms with Crippen LogP contribution in [0.4, 0.5) is 10.3 Å². The quantitative estimate of drug-likeness (QED) is 0.778. The number of benzene rings is 1. The van der Waals surface area contributed by atoms with Gasteiger partial charge in [0.15, 0.2) is 5.65 Å². The number of nitrogens with zero attached hydrogens (tertiary/aromatic N) is 3. The van der Waals surface area contributed by atoms with Gasteiger partial charge < -0.3 is 10.5 Å². The van der Waals surface area contributed by atoms with Crippen LogP contribution in [0.1, 0.15) is 5.56 Å². The van der Waals surface area contributed by atoms with Crippen LogP contribution in [0.5, 0.6) is 5.75 Å². The molecule has 0 aliphatic carbocycles. The lowest BCUT2D eigenvalue weighted by molar-refractivity contribution is 0.415. The number of anilines is 1. The summed E-state index contributed by atoms with van der Waals surface area (Å²) in [4.78, 5) is 4.13. The summed E-state index contributed by atoms with van der Waals surface area (Å²) in [7, 11) is 1.55. The molecule has 2 N–H and O–H groups in total. The predicted octanol–water partition coefficient (Wildman–Crippen LogP) is 2.43. The Bertz CT molecular complexity index is 797. The molecule has 0 unspecified atom stereocenters. The summed E-state index contributed by atoms with van der Waals surface area (Å²) < 4.78 is 20.3. The maximum Gasteiger partial charge on any atom is 0.240 e. The molecule has 2 aromatic heterocycles. The first-order valence-electron chi connectivity index (χ1n) is 6.05. The normalized spacial score (nSPS) is 10.9. The van der Waals surface area contributed by atoms with Gasteiger partial charge in [-0.15, -0.1) is 5.10 Å². The van der Waals surface area contributed by atoms with Gasteiger partial charge in [0, 0.05) is 17.3 Å². The molecule has 0 aliphatic heterocycles. The Kier molecular flexibility index (Phi) is 2.78. The molecule has 2 heterocycles. The lowest BCUT2D eigenvalue weighted by Gasteiger charge is -2.10. The molecule has 0 atom stereocenters. The lowest BCUT2D eigenvalue weighted by atomic mass is 10.0. The third kappa shape index (κ3) is 1.95. The van der Waals surface area contributed by atoms with Gasteiger partial charge in [0.25, 0.3) is 0 Å². The summed E-state index contributed by atoms with van der Waals surface area (Å²) in [6.45, 7) is 1.90. The van der Waals surface area contributed by atoms with E-state index < -0.39 is 0 Å². The Morgan fingerprint density at radius 3 is 2.85 bits per heavy atom. The van der Waals surface area contributed by atoms with Gasteiger partial charge in [-0.1, -0.05) is 0 Å². The molecule has 0 radical (unpaired) electrons. The molecule has 0 saturated heterocycles. The summed E-state index contributed by atoms with van der Waals surface area (Å²) in [5, 5.41) is 4.09. The van der Waals surface area contributed by atoms with Crippen LogP contribution in [0.25, 0.3) is 16.8 Å². The number of hydrogen-bond acceptors (Lipinski definition) is 4. The molecule has 0 saturated carbocycles. The number of aryl methyl sites for hydroxylation is 1. The minimum absolute atomic E-state index is 0.205. The minimum atomic E-state index is -0.323. The molecule has 5 nitrogen and oxygen atoms in total. The van der Waals surface area contributed by atoms with Crippen LogP contribution in [0.3, 0.4) is 0 Å². The number of rotatable bonds is 2. The van der Waals surface area contributed by atoms with Crippen LogP contribution in [0.2, 0.25) is 0 Å². The fourth-order valence-electron chi connectivity index (χ4n) is 2.22. The van der Waals surface area contributed by atoms with Crippen molar-refractivity contribution < 1.29 is 9.13 Å². The van der Waals surface area contributed by atoms with E-state index in [9.17, 15) is 4.39 Å². The predicted molar refractivity (Wildman–Crippen MR) is 74.1 cm³/mol. The fraction of sp³-hybridized carbons (Fsp3) is 0.143. The van der Waals surface area contributed by atoms with E-state index in [0.29, 0.717) is 17.0 Å². The molecular formula is C14H13FN4O. The summed E-state index contributed by atoms with van der Waals surface area (Å²) in [5.41, 5.74) is 8.63. The van der Waals surface area contributed by atoms with E-state index in [1.807, 2.05) is 13.0 Å². The molecule has 1 aromatic carbocycles. The highest BCUT2D eigenvalue weighted by Crippen LogP contribution is 2.31. The SMILES string of the molecule is COc1ccc(F)cc1-c1cc(C)c2nc(N)nn2c1. The summed E-state index contributed by atoms with van der Waals surface area (Å²) >= 11 is 0. The third-order valence-electron chi connectivity index (χ3n) is 3.11. The zero-order chi connectivity index (χ0) is 14.3. The van der Waals surface area contributed by atoms with Gasteiger partial charge in [0.05, 0.1) is 7.11 Å². The Hall–Kier alpha value is -2.63. The highest BCUT2D eigenvalue weighted by Gasteiger charge is 2.11. The van der Waals surface area contributed by atoms with Crippen molar-refractivity contribution in [2.24, 2.45) is 0 Å². The van der Waals surface area contributed by atoms with E-state index in [0.717, 1.165) is 11.1 Å². The molecular weight excluding hydrogens is 259 g/mol. The second-order valence-electron chi connectivity index (χ2n) is 4.49. The maximum absolute atomic E-state index is 13.5. The number of aromatic nitrogens is 3. The van der Waals surface area contributed by atoms with E-state index in [-0.39, 0.29) is 11.8 Å². The Morgan fingerprint density at radius 1 is 1.30 bits per heavy atom. The van der Waals surface area contributed by atoms with E-state index in [1.165, 1.54) is 12.1 Å². The Morgan fingerprint density at radius 2 is 2.10 bits per heavy atom. The van der Waals surface area contributed by atoms with Gasteiger partial charge in [-0.05, 0) is 36.8 Å². The zero-order valence-electron chi connectivity index (χ0n) is 11.1. The second kappa shape index (κ2) is 4.48. The monoisotopic (exact) mass is 272 g/mol. The van der Waals surface area contributed by atoms with Crippen LogP contribution in [-0.4, -0.2) is 21.7 Å². The van der Waals surface area contributed by atoms with Crippen LogP contribution >= 0.6 is 0 Å². The molecule has 0 aliphatic rings. The topological polar surface area (TPSA) is 65.4 Å². The van der Waals surface area contributed by atoms with E-state index in [1.54, 1.807) is 23.9 Å². The van der Waals surface area contributed by atoms with Crippen LogP contribution in [-0.2, 0) is 0 Å². The molecule has 0 bridgehead atoms. The molecule has 0 spiro atoms. The standard InChI is InChI=1S/C14H13FN4O/c1-8-5-9(7-19-13(8)17-14(16)18-19)11-6-10(15)3-4-12(11)20-2/h3-7H,1-2H3,(H2,16,18). The van der Waals surface area contributed by atoms with Crippen molar-refractivity contribution in [2.45, 2.75) is 6.92 Å². The van der Waals surface area contributed by atoms with Gasteiger partial charge in [0.1, 0.15) is 11.6 Å². The number of hydrogen-bond donors (Lipinski definition) is 1. The smallest absolute Gasteiger partial charge is 0.240 e. The first kappa shape index (κ1) is 12.4. The molecule has 6 heteroatoms. The van der Waals surface area contributed by atoms with Crippen molar-refractivity contribution in [3.05, 3.63) is 41.8 Å². The van der Waals surface area contributed by atoms with Gasteiger partial charge in [-0.25, -0.2) is 8.91 Å². The van der Waals surface area contributed by atoms with Crippen molar-refractivity contribution in [1.29, 1.82) is 0 Å². The summed E-state index contributed by atoms with van der Waals surface area (Å²) in [5.74, 6) is 0.478. The molecule has 20 heavy (non-hydrogen) atoms. The highest BCUT2D eigenvalue weighted by molar-refractivity contribution is 5.72. The van der Waals surface area contributed by atoms with Gasteiger partial charge in [-0.3, -0.25) is 0 Å². The van der Waals surface area contributed by atoms with Crippen molar-refractivity contribution in [1.82, 2.24) is 14.6 Å². The van der Waals surface area contributed by atoms with Gasteiger partial charge in [-0.2, -0.15) is 4.98 Å². The minimum Gasteiger partial charge on any atom is -0.496 e. The molecule has 0 fully saturated rings. The molecule has 0 amide bonds. The largest absolute Gasteiger partial charge is 0.496 e. The average Bonchev–Trinajstić information content (AvgIpc) is 2.79. The number of fused-ring (bicyclic) bond motifs is 1. The summed E-state index contributed by atoms with van der Waals surface area (Å²) in [6.07, 6.45) is 1.75. The van der Waals surface area contributed by atoms with Gasteiger partial charge in [0.2, 0.25) is 5.95 Å². The molecule has 3 rings (SSSR count). The fourth-order valence-corrected chi connectivity index (χ4v) is 2.22. The van der Waals surface area contributed by atoms with E-state index in [2.05, 4.69) is 10.1 Å². The molecule has 3 aromatic rings. The Labute approximate surface area is 114 Å². The van der Waals surface area contributed by atoms with Crippen LogP contribution < -0.4 is 10.5 Å². The van der Waals surface area contributed by atoms with Crippen LogP contribution in [0.15, 0.2) is 30.5 Å². The average molecular weight is 272 g/mol. The lowest BCUT2D eigenvalue weighted by Crippen LogP contribution is -1.95. The first-order valence-corrected chi connectivity index (χ1v) is 6.05.